The Morgan fingerprint density at radius 2 is 1.81 bits per heavy atom. The Labute approximate surface area is 165 Å². The van der Waals surface area contributed by atoms with Gasteiger partial charge in [-0.1, -0.05) is 0 Å². The molecular weight excluding hydrogens is 371 g/mol. The smallest absolute Gasteiger partial charge is 0.119 e. The van der Waals surface area contributed by atoms with E-state index in [2.05, 4.69) is 29.1 Å². The monoisotopic (exact) mass is 394 g/mol. The van der Waals surface area contributed by atoms with Crippen LogP contribution in [0.25, 0.3) is 22.3 Å². The highest BCUT2D eigenvalue weighted by Gasteiger charge is 2.16. The number of benzene rings is 1. The van der Waals surface area contributed by atoms with E-state index >= 15 is 0 Å². The van der Waals surface area contributed by atoms with Crippen molar-refractivity contribution in [1.29, 1.82) is 0 Å². The van der Waals surface area contributed by atoms with E-state index in [1.54, 1.807) is 6.07 Å². The highest BCUT2D eigenvalue weighted by molar-refractivity contribution is 5.91. The van der Waals surface area contributed by atoms with Crippen molar-refractivity contribution in [2.45, 2.75) is 40.3 Å². The summed E-state index contributed by atoms with van der Waals surface area (Å²) >= 11 is 0. The highest BCUT2D eigenvalue weighted by Crippen LogP contribution is 2.33. The molecule has 1 aliphatic rings. The fraction of sp³-hybridized carbons (Fsp3) is 0.368. The Morgan fingerprint density at radius 1 is 1.04 bits per heavy atom. The Morgan fingerprint density at radius 3 is 2.58 bits per heavy atom. The van der Waals surface area contributed by atoms with E-state index in [-0.39, 0.29) is 24.8 Å². The van der Waals surface area contributed by atoms with Crippen LogP contribution in [0, 0.1) is 20.8 Å². The first-order valence-corrected chi connectivity index (χ1v) is 8.43. The number of halogens is 2. The first-order chi connectivity index (χ1) is 11.5. The van der Waals surface area contributed by atoms with Gasteiger partial charge in [0.05, 0.1) is 16.9 Å². The molecule has 7 heteroatoms. The van der Waals surface area contributed by atoms with Crippen molar-refractivity contribution >= 4 is 35.7 Å². The largest absolute Gasteiger partial charge is 0.508 e. The molecule has 3 heterocycles. The van der Waals surface area contributed by atoms with Gasteiger partial charge in [-0.25, -0.2) is 4.98 Å². The summed E-state index contributed by atoms with van der Waals surface area (Å²) in [6.07, 6.45) is 1.09. The lowest BCUT2D eigenvalue weighted by molar-refractivity contribution is 0.471. The second-order valence-corrected chi connectivity index (χ2v) is 6.66. The van der Waals surface area contributed by atoms with Crippen LogP contribution in [0.15, 0.2) is 18.2 Å². The van der Waals surface area contributed by atoms with Gasteiger partial charge in [-0.15, -0.1) is 24.8 Å². The van der Waals surface area contributed by atoms with Crippen molar-refractivity contribution in [3.8, 4) is 17.1 Å². The van der Waals surface area contributed by atoms with E-state index in [1.165, 1.54) is 5.69 Å². The SMILES string of the molecule is Cc1cc(O)c(C)c2c(C)cc(-c3cc4n(n3)CCCNC4)nc12.Cl.Cl. The maximum Gasteiger partial charge on any atom is 0.119 e. The summed E-state index contributed by atoms with van der Waals surface area (Å²) < 4.78 is 2.09. The number of phenolic OH excluding ortho intramolecular Hbond substituents is 1. The second kappa shape index (κ2) is 7.82. The molecule has 26 heavy (non-hydrogen) atoms. The average molecular weight is 395 g/mol. The molecule has 2 aromatic heterocycles. The topological polar surface area (TPSA) is 63.0 Å². The second-order valence-electron chi connectivity index (χ2n) is 6.66. The van der Waals surface area contributed by atoms with Gasteiger partial charge in [0.25, 0.3) is 0 Å². The highest BCUT2D eigenvalue weighted by atomic mass is 35.5. The first kappa shape index (κ1) is 20.5. The zero-order valence-electron chi connectivity index (χ0n) is 15.2. The third kappa shape index (κ3) is 3.39. The van der Waals surface area contributed by atoms with Gasteiger partial charge < -0.3 is 10.4 Å². The van der Waals surface area contributed by atoms with Crippen LogP contribution in [-0.4, -0.2) is 26.4 Å². The van der Waals surface area contributed by atoms with Gasteiger partial charge in [0, 0.05) is 24.0 Å². The molecule has 0 aliphatic carbocycles. The number of nitrogens with zero attached hydrogens (tertiary/aromatic N) is 3. The lowest BCUT2D eigenvalue weighted by Gasteiger charge is -2.11. The molecule has 1 aromatic carbocycles. The first-order valence-electron chi connectivity index (χ1n) is 8.43. The zero-order valence-corrected chi connectivity index (χ0v) is 16.8. The predicted molar refractivity (Wildman–Crippen MR) is 110 cm³/mol. The third-order valence-electron chi connectivity index (χ3n) is 4.86. The van der Waals surface area contributed by atoms with Gasteiger partial charge in [-0.05, 0) is 63.1 Å². The van der Waals surface area contributed by atoms with Crippen molar-refractivity contribution in [2.75, 3.05) is 6.54 Å². The van der Waals surface area contributed by atoms with Crippen molar-refractivity contribution in [3.63, 3.8) is 0 Å². The lowest BCUT2D eigenvalue weighted by Crippen LogP contribution is -2.11. The van der Waals surface area contributed by atoms with Gasteiger partial charge in [-0.3, -0.25) is 4.68 Å². The Hall–Kier alpha value is -1.82. The number of aromatic nitrogens is 3. The number of rotatable bonds is 1. The molecular formula is C19H24Cl2N4O. The minimum absolute atomic E-state index is 0. The molecule has 0 saturated heterocycles. The van der Waals surface area contributed by atoms with E-state index in [9.17, 15) is 5.11 Å². The fourth-order valence-corrected chi connectivity index (χ4v) is 3.56. The Balaban J connectivity index is 0.00000121. The molecule has 3 aromatic rings. The summed E-state index contributed by atoms with van der Waals surface area (Å²) in [7, 11) is 0. The summed E-state index contributed by atoms with van der Waals surface area (Å²) in [6, 6.07) is 6.00. The predicted octanol–water partition coefficient (Wildman–Crippen LogP) is 4.07. The van der Waals surface area contributed by atoms with Crippen LogP contribution in [0.3, 0.4) is 0 Å². The molecule has 0 unspecified atom stereocenters. The minimum Gasteiger partial charge on any atom is -0.508 e. The third-order valence-corrected chi connectivity index (χ3v) is 4.86. The van der Waals surface area contributed by atoms with Crippen molar-refractivity contribution in [3.05, 3.63) is 40.6 Å². The number of hydrogen-bond donors (Lipinski definition) is 2. The van der Waals surface area contributed by atoms with Crippen LogP contribution >= 0.6 is 24.8 Å². The van der Waals surface area contributed by atoms with Crippen LogP contribution in [0.1, 0.15) is 28.8 Å². The fourth-order valence-electron chi connectivity index (χ4n) is 3.56. The number of aromatic hydroxyl groups is 1. The van der Waals surface area contributed by atoms with E-state index in [0.29, 0.717) is 5.75 Å². The minimum atomic E-state index is 0. The van der Waals surface area contributed by atoms with E-state index in [0.717, 1.165) is 65.0 Å². The molecule has 140 valence electrons. The van der Waals surface area contributed by atoms with Gasteiger partial charge in [0.15, 0.2) is 0 Å². The molecule has 0 amide bonds. The molecule has 5 nitrogen and oxygen atoms in total. The van der Waals surface area contributed by atoms with Crippen LogP contribution in [0.4, 0.5) is 0 Å². The number of hydrogen-bond acceptors (Lipinski definition) is 4. The molecule has 0 radical (unpaired) electrons. The zero-order chi connectivity index (χ0) is 16.8. The Bertz CT molecular complexity index is 929. The van der Waals surface area contributed by atoms with Gasteiger partial charge in [0.2, 0.25) is 0 Å². The summed E-state index contributed by atoms with van der Waals surface area (Å²) in [5.74, 6) is 0.331. The molecule has 0 saturated carbocycles. The van der Waals surface area contributed by atoms with Crippen LogP contribution in [0.5, 0.6) is 5.75 Å². The molecule has 0 fully saturated rings. The summed E-state index contributed by atoms with van der Waals surface area (Å²) in [4.78, 5) is 4.87. The van der Waals surface area contributed by atoms with E-state index < -0.39 is 0 Å². The average Bonchev–Trinajstić information content (AvgIpc) is 2.83. The van der Waals surface area contributed by atoms with Crippen molar-refractivity contribution < 1.29 is 5.11 Å². The number of pyridine rings is 1. The van der Waals surface area contributed by atoms with E-state index in [4.69, 9.17) is 10.1 Å². The van der Waals surface area contributed by atoms with Crippen LogP contribution in [-0.2, 0) is 13.1 Å². The molecule has 2 N–H and O–H groups in total. The van der Waals surface area contributed by atoms with Crippen molar-refractivity contribution in [2.24, 2.45) is 0 Å². The Kier molecular flexibility index (Phi) is 6.17. The molecule has 1 aliphatic heterocycles. The quantitative estimate of drug-likeness (QED) is 0.652. The number of phenols is 1. The van der Waals surface area contributed by atoms with Gasteiger partial charge in [0.1, 0.15) is 11.4 Å². The van der Waals surface area contributed by atoms with Crippen LogP contribution in [0.2, 0.25) is 0 Å². The van der Waals surface area contributed by atoms with E-state index in [1.807, 2.05) is 13.8 Å². The lowest BCUT2D eigenvalue weighted by atomic mass is 9.99. The summed E-state index contributed by atoms with van der Waals surface area (Å²) in [5.41, 5.74) is 6.96. The van der Waals surface area contributed by atoms with Gasteiger partial charge >= 0.3 is 0 Å². The summed E-state index contributed by atoms with van der Waals surface area (Å²) in [6.45, 7) is 8.84. The van der Waals surface area contributed by atoms with Crippen LogP contribution < -0.4 is 5.32 Å². The number of nitrogens with one attached hydrogen (secondary N) is 1. The standard InChI is InChI=1S/C19H22N4O.2ClH/c1-11-7-15(16-9-14-10-20-5-4-6-23(14)22-16)21-19-12(2)8-17(24)13(3)18(11)19;;/h7-9,20,24H,4-6,10H2,1-3H3;2*1H. The van der Waals surface area contributed by atoms with Gasteiger partial charge in [-0.2, -0.15) is 5.10 Å². The molecule has 4 rings (SSSR count). The normalized spacial score (nSPS) is 13.5. The number of aryl methyl sites for hydroxylation is 4. The molecule has 0 bridgehead atoms. The molecule has 0 spiro atoms. The summed E-state index contributed by atoms with van der Waals surface area (Å²) in [5, 5.41) is 19.3. The number of fused-ring (bicyclic) bond motifs is 2. The molecule has 0 atom stereocenters. The maximum absolute atomic E-state index is 10.1. The van der Waals surface area contributed by atoms with Crippen molar-refractivity contribution in [1.82, 2.24) is 20.1 Å². The maximum atomic E-state index is 10.1.